The first-order valence-electron chi connectivity index (χ1n) is 8.69. The normalized spacial score (nSPS) is 11.0. The Morgan fingerprint density at radius 3 is 2.42 bits per heavy atom. The zero-order valence-corrected chi connectivity index (χ0v) is 19.4. The number of hydrogen-bond acceptors (Lipinski definition) is 4. The van der Waals surface area contributed by atoms with Crippen LogP contribution in [0.3, 0.4) is 0 Å². The Morgan fingerprint density at radius 2 is 1.85 bits per heavy atom. The van der Waals surface area contributed by atoms with E-state index in [2.05, 4.69) is 65.0 Å². The molecule has 2 aromatic rings. The van der Waals surface area contributed by atoms with Gasteiger partial charge in [-0.2, -0.15) is 0 Å². The second-order valence-electron chi connectivity index (χ2n) is 6.38. The highest BCUT2D eigenvalue weighted by atomic mass is 127. The first kappa shape index (κ1) is 22.7. The van der Waals surface area contributed by atoms with Gasteiger partial charge in [-0.05, 0) is 32.8 Å². The zero-order chi connectivity index (χ0) is 18.2. The molecule has 26 heavy (non-hydrogen) atoms. The summed E-state index contributed by atoms with van der Waals surface area (Å²) in [5.74, 6) is 0.839. The molecule has 1 heterocycles. The Balaban J connectivity index is 0.00000338. The van der Waals surface area contributed by atoms with E-state index in [9.17, 15) is 0 Å². The molecule has 144 valence electrons. The number of anilines is 1. The van der Waals surface area contributed by atoms with Crippen LogP contribution in [0, 0.1) is 13.8 Å². The van der Waals surface area contributed by atoms with Crippen LogP contribution in [0.15, 0.2) is 28.6 Å². The van der Waals surface area contributed by atoms with Crippen molar-refractivity contribution in [2.45, 2.75) is 33.7 Å². The van der Waals surface area contributed by atoms with Gasteiger partial charge >= 0.3 is 0 Å². The minimum atomic E-state index is 0. The molecular formula is C19H30IN5S. The van der Waals surface area contributed by atoms with Crippen LogP contribution in [0.5, 0.6) is 0 Å². The van der Waals surface area contributed by atoms with Crippen molar-refractivity contribution in [1.82, 2.24) is 15.6 Å². The minimum Gasteiger partial charge on any atom is -0.357 e. The van der Waals surface area contributed by atoms with E-state index in [0.717, 1.165) is 36.3 Å². The van der Waals surface area contributed by atoms with Crippen LogP contribution < -0.4 is 15.5 Å². The first-order chi connectivity index (χ1) is 12.0. The van der Waals surface area contributed by atoms with Crippen LogP contribution >= 0.6 is 35.3 Å². The number of nitrogens with zero attached hydrogens (tertiary/aromatic N) is 3. The molecule has 0 saturated heterocycles. The van der Waals surface area contributed by atoms with Gasteiger partial charge in [-0.1, -0.05) is 29.3 Å². The van der Waals surface area contributed by atoms with Crippen molar-refractivity contribution in [1.29, 1.82) is 0 Å². The Bertz CT molecular complexity index is 691. The number of rotatable bonds is 7. The zero-order valence-electron chi connectivity index (χ0n) is 16.3. The molecule has 0 amide bonds. The van der Waals surface area contributed by atoms with Crippen molar-refractivity contribution in [3.63, 3.8) is 0 Å². The maximum atomic E-state index is 4.64. The number of thiazole rings is 1. The molecule has 1 aromatic carbocycles. The van der Waals surface area contributed by atoms with Gasteiger partial charge in [-0.25, -0.2) is 9.98 Å². The molecule has 0 saturated carbocycles. The van der Waals surface area contributed by atoms with Crippen LogP contribution in [-0.2, 0) is 13.0 Å². The molecule has 0 fully saturated rings. The van der Waals surface area contributed by atoms with Gasteiger partial charge in [0.1, 0.15) is 0 Å². The Labute approximate surface area is 178 Å². The van der Waals surface area contributed by atoms with Crippen molar-refractivity contribution in [3.8, 4) is 0 Å². The Morgan fingerprint density at radius 1 is 1.15 bits per heavy atom. The van der Waals surface area contributed by atoms with Gasteiger partial charge in [-0.15, -0.1) is 35.3 Å². The topological polar surface area (TPSA) is 52.6 Å². The second kappa shape index (κ2) is 11.4. The molecule has 0 aliphatic heterocycles. The minimum absolute atomic E-state index is 0. The summed E-state index contributed by atoms with van der Waals surface area (Å²) in [6, 6.07) is 6.70. The number of aliphatic imine (C=N–C) groups is 1. The highest BCUT2D eigenvalue weighted by Crippen LogP contribution is 2.18. The fourth-order valence-electron chi connectivity index (χ4n) is 2.61. The predicted molar refractivity (Wildman–Crippen MR) is 124 cm³/mol. The van der Waals surface area contributed by atoms with Gasteiger partial charge in [0.15, 0.2) is 11.1 Å². The van der Waals surface area contributed by atoms with Crippen molar-refractivity contribution >= 4 is 46.4 Å². The third-order valence-electron chi connectivity index (χ3n) is 3.65. The summed E-state index contributed by atoms with van der Waals surface area (Å²) in [6.45, 7) is 8.65. The van der Waals surface area contributed by atoms with Crippen molar-refractivity contribution < 1.29 is 0 Å². The van der Waals surface area contributed by atoms with Crippen molar-refractivity contribution in [3.05, 3.63) is 46.0 Å². The number of aryl methyl sites for hydroxylation is 2. The average Bonchev–Trinajstić information content (AvgIpc) is 3.01. The second-order valence-corrected chi connectivity index (χ2v) is 7.22. The fraction of sp³-hybridized carbons (Fsp3) is 0.474. The SMILES string of the molecule is CCNC(=NCc1csc(N(C)C)n1)NCCc1cc(C)cc(C)c1.I. The molecule has 2 N–H and O–H groups in total. The summed E-state index contributed by atoms with van der Waals surface area (Å²) >= 11 is 1.65. The van der Waals surface area contributed by atoms with Gasteiger partial charge < -0.3 is 15.5 Å². The molecule has 0 unspecified atom stereocenters. The number of benzene rings is 1. The summed E-state index contributed by atoms with van der Waals surface area (Å²) < 4.78 is 0. The maximum Gasteiger partial charge on any atom is 0.191 e. The lowest BCUT2D eigenvalue weighted by molar-refractivity contribution is 0.796. The molecule has 7 heteroatoms. The van der Waals surface area contributed by atoms with Gasteiger partial charge in [0.25, 0.3) is 0 Å². The average molecular weight is 487 g/mol. The number of aromatic nitrogens is 1. The first-order valence-corrected chi connectivity index (χ1v) is 9.57. The third-order valence-corrected chi connectivity index (χ3v) is 4.71. The third kappa shape index (κ3) is 7.49. The fourth-order valence-corrected chi connectivity index (χ4v) is 3.36. The Hall–Kier alpha value is -1.35. The van der Waals surface area contributed by atoms with Crippen LogP contribution in [0.4, 0.5) is 5.13 Å². The molecule has 0 aliphatic rings. The largest absolute Gasteiger partial charge is 0.357 e. The van der Waals surface area contributed by atoms with E-state index in [-0.39, 0.29) is 24.0 Å². The van der Waals surface area contributed by atoms with Crippen molar-refractivity contribution in [2.75, 3.05) is 32.1 Å². The smallest absolute Gasteiger partial charge is 0.191 e. The van der Waals surface area contributed by atoms with Crippen LogP contribution in [0.2, 0.25) is 0 Å². The van der Waals surface area contributed by atoms with Gasteiger partial charge in [0.2, 0.25) is 0 Å². The molecule has 1 aromatic heterocycles. The van der Waals surface area contributed by atoms with Crippen LogP contribution in [0.25, 0.3) is 0 Å². The molecule has 0 aliphatic carbocycles. The van der Waals surface area contributed by atoms with Crippen molar-refractivity contribution in [2.24, 2.45) is 4.99 Å². The van der Waals surface area contributed by atoms with Gasteiger partial charge in [-0.3, -0.25) is 0 Å². The number of halogens is 1. The molecule has 0 atom stereocenters. The van der Waals surface area contributed by atoms with E-state index < -0.39 is 0 Å². The summed E-state index contributed by atoms with van der Waals surface area (Å²) in [6.07, 6.45) is 0.981. The summed E-state index contributed by atoms with van der Waals surface area (Å²) in [5, 5.41) is 9.79. The van der Waals surface area contributed by atoms with E-state index in [1.807, 2.05) is 19.0 Å². The molecule has 2 rings (SSSR count). The quantitative estimate of drug-likeness (QED) is 0.355. The van der Waals surface area contributed by atoms with E-state index in [1.165, 1.54) is 16.7 Å². The Kier molecular flexibility index (Phi) is 9.93. The highest BCUT2D eigenvalue weighted by molar-refractivity contribution is 14.0. The summed E-state index contributed by atoms with van der Waals surface area (Å²) in [7, 11) is 4.01. The number of guanidine groups is 1. The molecule has 0 bridgehead atoms. The van der Waals surface area contributed by atoms with Crippen LogP contribution in [0.1, 0.15) is 29.3 Å². The number of nitrogens with one attached hydrogen (secondary N) is 2. The molecule has 0 radical (unpaired) electrons. The monoisotopic (exact) mass is 487 g/mol. The van der Waals surface area contributed by atoms with Crippen LogP contribution in [-0.4, -0.2) is 38.1 Å². The van der Waals surface area contributed by atoms with Gasteiger partial charge in [0, 0.05) is 32.6 Å². The lowest BCUT2D eigenvalue weighted by Gasteiger charge is -2.11. The van der Waals surface area contributed by atoms with E-state index in [0.29, 0.717) is 6.54 Å². The highest BCUT2D eigenvalue weighted by Gasteiger charge is 2.04. The van der Waals surface area contributed by atoms with E-state index >= 15 is 0 Å². The van der Waals surface area contributed by atoms with E-state index in [4.69, 9.17) is 0 Å². The molecule has 5 nitrogen and oxygen atoms in total. The number of hydrogen-bond donors (Lipinski definition) is 2. The van der Waals surface area contributed by atoms with E-state index in [1.54, 1.807) is 11.3 Å². The summed E-state index contributed by atoms with van der Waals surface area (Å²) in [5.41, 5.74) is 4.99. The predicted octanol–water partition coefficient (Wildman–Crippen LogP) is 3.74. The lowest BCUT2D eigenvalue weighted by Crippen LogP contribution is -2.38. The molecular weight excluding hydrogens is 457 g/mol. The molecule has 0 spiro atoms. The van der Waals surface area contributed by atoms with Gasteiger partial charge in [0.05, 0.1) is 12.2 Å². The lowest BCUT2D eigenvalue weighted by atomic mass is 10.1. The maximum absolute atomic E-state index is 4.64. The summed E-state index contributed by atoms with van der Waals surface area (Å²) in [4.78, 5) is 11.2. The standard InChI is InChI=1S/C19H29N5S.HI/c1-6-20-18(22-12-17-13-25-19(23-17)24(4)5)21-8-7-16-10-14(2)9-15(3)11-16;/h9-11,13H,6-8,12H2,1-5H3,(H2,20,21,22);1H.